The summed E-state index contributed by atoms with van der Waals surface area (Å²) in [7, 11) is 0. The van der Waals surface area contributed by atoms with E-state index in [1.54, 1.807) is 12.1 Å². The standard InChI is InChI=1S/C14H12BrClO2/c1-9-2-4-12(16)14(6-9)18-13-5-3-11(15)7-10(13)8-17/h2-7,17H,8H2,1H3. The molecule has 0 heterocycles. The summed E-state index contributed by atoms with van der Waals surface area (Å²) in [6.07, 6.45) is 0. The molecule has 0 bridgehead atoms. The summed E-state index contributed by atoms with van der Waals surface area (Å²) in [6.45, 7) is 1.88. The molecule has 0 aliphatic carbocycles. The fourth-order valence-corrected chi connectivity index (χ4v) is 2.14. The van der Waals surface area contributed by atoms with Gasteiger partial charge in [-0.3, -0.25) is 0 Å². The number of aryl methyl sites for hydroxylation is 1. The van der Waals surface area contributed by atoms with Gasteiger partial charge < -0.3 is 9.84 Å². The predicted octanol–water partition coefficient (Wildman–Crippen LogP) is 4.70. The van der Waals surface area contributed by atoms with Crippen molar-refractivity contribution in [2.45, 2.75) is 13.5 Å². The topological polar surface area (TPSA) is 29.5 Å². The summed E-state index contributed by atoms with van der Waals surface area (Å²) in [5, 5.41) is 9.86. The minimum Gasteiger partial charge on any atom is -0.455 e. The Labute approximate surface area is 119 Å². The highest BCUT2D eigenvalue weighted by atomic mass is 79.9. The highest BCUT2D eigenvalue weighted by Gasteiger charge is 2.08. The van der Waals surface area contributed by atoms with Crippen molar-refractivity contribution in [3.05, 3.63) is 57.0 Å². The first-order valence-corrected chi connectivity index (χ1v) is 6.60. The predicted molar refractivity (Wildman–Crippen MR) is 76.3 cm³/mol. The molecule has 0 aliphatic rings. The van der Waals surface area contributed by atoms with Gasteiger partial charge in [0.2, 0.25) is 0 Å². The van der Waals surface area contributed by atoms with Gasteiger partial charge in [0.15, 0.2) is 0 Å². The Morgan fingerprint density at radius 2 is 1.94 bits per heavy atom. The van der Waals surface area contributed by atoms with Gasteiger partial charge in [0.1, 0.15) is 11.5 Å². The van der Waals surface area contributed by atoms with E-state index in [0.29, 0.717) is 22.1 Å². The van der Waals surface area contributed by atoms with Crippen LogP contribution in [-0.4, -0.2) is 5.11 Å². The smallest absolute Gasteiger partial charge is 0.146 e. The van der Waals surface area contributed by atoms with Crippen LogP contribution in [0.4, 0.5) is 0 Å². The lowest BCUT2D eigenvalue weighted by Crippen LogP contribution is -1.92. The Bertz CT molecular complexity index is 570. The molecular formula is C14H12BrClO2. The van der Waals surface area contributed by atoms with Crippen molar-refractivity contribution in [2.24, 2.45) is 0 Å². The normalized spacial score (nSPS) is 10.4. The molecule has 2 rings (SSSR count). The summed E-state index contributed by atoms with van der Waals surface area (Å²) in [6, 6.07) is 11.1. The minimum atomic E-state index is -0.0851. The van der Waals surface area contributed by atoms with E-state index in [1.807, 2.05) is 31.2 Å². The number of ether oxygens (including phenoxy) is 1. The quantitative estimate of drug-likeness (QED) is 0.885. The number of halogens is 2. The first-order chi connectivity index (χ1) is 8.60. The van der Waals surface area contributed by atoms with Crippen LogP contribution in [-0.2, 0) is 6.61 Å². The van der Waals surface area contributed by atoms with Crippen LogP contribution in [0.2, 0.25) is 5.02 Å². The largest absolute Gasteiger partial charge is 0.455 e. The highest BCUT2D eigenvalue weighted by Crippen LogP contribution is 2.33. The molecule has 0 unspecified atom stereocenters. The van der Waals surface area contributed by atoms with E-state index >= 15 is 0 Å². The number of aliphatic hydroxyl groups excluding tert-OH is 1. The van der Waals surface area contributed by atoms with Crippen molar-refractivity contribution in [3.8, 4) is 11.5 Å². The first kappa shape index (κ1) is 13.4. The van der Waals surface area contributed by atoms with Gasteiger partial charge in [-0.2, -0.15) is 0 Å². The molecule has 0 fully saturated rings. The van der Waals surface area contributed by atoms with E-state index in [4.69, 9.17) is 16.3 Å². The van der Waals surface area contributed by atoms with Crippen LogP contribution in [0.1, 0.15) is 11.1 Å². The molecule has 0 saturated carbocycles. The van der Waals surface area contributed by atoms with E-state index in [0.717, 1.165) is 10.0 Å². The molecule has 4 heteroatoms. The fourth-order valence-electron chi connectivity index (χ4n) is 1.58. The summed E-state index contributed by atoms with van der Waals surface area (Å²) in [5.41, 5.74) is 1.78. The van der Waals surface area contributed by atoms with E-state index in [9.17, 15) is 5.11 Å². The summed E-state index contributed by atoms with van der Waals surface area (Å²) in [4.78, 5) is 0. The Kier molecular flexibility index (Phi) is 4.27. The maximum atomic E-state index is 9.31. The highest BCUT2D eigenvalue weighted by molar-refractivity contribution is 9.10. The van der Waals surface area contributed by atoms with Crippen molar-refractivity contribution in [3.63, 3.8) is 0 Å². The maximum Gasteiger partial charge on any atom is 0.146 e. The van der Waals surface area contributed by atoms with Crippen LogP contribution in [0, 0.1) is 6.92 Å². The second-order valence-corrected chi connectivity index (χ2v) is 5.27. The molecule has 94 valence electrons. The van der Waals surface area contributed by atoms with E-state index in [-0.39, 0.29) is 6.61 Å². The lowest BCUT2D eigenvalue weighted by atomic mass is 10.2. The summed E-state index contributed by atoms with van der Waals surface area (Å²) < 4.78 is 6.65. The summed E-state index contributed by atoms with van der Waals surface area (Å²) in [5.74, 6) is 1.20. The van der Waals surface area contributed by atoms with Crippen molar-refractivity contribution < 1.29 is 9.84 Å². The van der Waals surface area contributed by atoms with Gasteiger partial charge in [0, 0.05) is 10.0 Å². The molecule has 2 aromatic carbocycles. The van der Waals surface area contributed by atoms with E-state index in [2.05, 4.69) is 15.9 Å². The van der Waals surface area contributed by atoms with Crippen molar-refractivity contribution in [2.75, 3.05) is 0 Å². The second-order valence-electron chi connectivity index (χ2n) is 3.95. The average Bonchev–Trinajstić information content (AvgIpc) is 2.36. The van der Waals surface area contributed by atoms with Gasteiger partial charge >= 0.3 is 0 Å². The van der Waals surface area contributed by atoms with Gasteiger partial charge in [0.25, 0.3) is 0 Å². The summed E-state index contributed by atoms with van der Waals surface area (Å²) >= 11 is 9.43. The van der Waals surface area contributed by atoms with Crippen LogP contribution < -0.4 is 4.74 Å². The monoisotopic (exact) mass is 326 g/mol. The molecule has 0 spiro atoms. The van der Waals surface area contributed by atoms with Crippen LogP contribution in [0.15, 0.2) is 40.9 Å². The lowest BCUT2D eigenvalue weighted by Gasteiger charge is -2.12. The molecule has 0 amide bonds. The Hall–Kier alpha value is -1.03. The van der Waals surface area contributed by atoms with Crippen LogP contribution >= 0.6 is 27.5 Å². The van der Waals surface area contributed by atoms with Gasteiger partial charge in [-0.05, 0) is 42.8 Å². The molecule has 1 N–H and O–H groups in total. The zero-order chi connectivity index (χ0) is 13.1. The van der Waals surface area contributed by atoms with Crippen LogP contribution in [0.25, 0.3) is 0 Å². The Morgan fingerprint density at radius 1 is 1.17 bits per heavy atom. The molecule has 2 nitrogen and oxygen atoms in total. The molecular weight excluding hydrogens is 316 g/mol. The Morgan fingerprint density at radius 3 is 2.67 bits per heavy atom. The number of aliphatic hydroxyl groups is 1. The fraction of sp³-hybridized carbons (Fsp3) is 0.143. The molecule has 2 aromatic rings. The zero-order valence-electron chi connectivity index (χ0n) is 9.78. The third-order valence-electron chi connectivity index (χ3n) is 2.50. The van der Waals surface area contributed by atoms with Crippen molar-refractivity contribution in [1.82, 2.24) is 0 Å². The Balaban J connectivity index is 2.36. The van der Waals surface area contributed by atoms with Crippen molar-refractivity contribution in [1.29, 1.82) is 0 Å². The maximum absolute atomic E-state index is 9.31. The van der Waals surface area contributed by atoms with Crippen molar-refractivity contribution >= 4 is 27.5 Å². The first-order valence-electron chi connectivity index (χ1n) is 5.43. The molecule has 0 saturated heterocycles. The lowest BCUT2D eigenvalue weighted by molar-refractivity contribution is 0.276. The second kappa shape index (κ2) is 5.74. The number of rotatable bonds is 3. The molecule has 0 aliphatic heterocycles. The van der Waals surface area contributed by atoms with Gasteiger partial charge in [-0.25, -0.2) is 0 Å². The minimum absolute atomic E-state index is 0.0851. The third-order valence-corrected chi connectivity index (χ3v) is 3.31. The number of hydrogen-bond acceptors (Lipinski definition) is 2. The number of benzene rings is 2. The molecule has 0 aromatic heterocycles. The third kappa shape index (κ3) is 3.05. The van der Waals surface area contributed by atoms with Gasteiger partial charge in [0.05, 0.1) is 11.6 Å². The SMILES string of the molecule is Cc1ccc(Cl)c(Oc2ccc(Br)cc2CO)c1. The molecule has 18 heavy (non-hydrogen) atoms. The van der Waals surface area contributed by atoms with E-state index < -0.39 is 0 Å². The van der Waals surface area contributed by atoms with Crippen LogP contribution in [0.3, 0.4) is 0 Å². The number of hydrogen-bond donors (Lipinski definition) is 1. The molecule has 0 atom stereocenters. The van der Waals surface area contributed by atoms with Gasteiger partial charge in [-0.1, -0.05) is 33.6 Å². The zero-order valence-corrected chi connectivity index (χ0v) is 12.1. The van der Waals surface area contributed by atoms with E-state index in [1.165, 1.54) is 0 Å². The molecule has 0 radical (unpaired) electrons. The van der Waals surface area contributed by atoms with Crippen LogP contribution in [0.5, 0.6) is 11.5 Å². The average molecular weight is 328 g/mol. The van der Waals surface area contributed by atoms with Gasteiger partial charge in [-0.15, -0.1) is 0 Å².